The van der Waals surface area contributed by atoms with Crippen LogP contribution in [-0.2, 0) is 23.4 Å². The van der Waals surface area contributed by atoms with Crippen molar-refractivity contribution in [2.75, 3.05) is 31.6 Å². The van der Waals surface area contributed by atoms with E-state index in [2.05, 4.69) is 43.5 Å². The summed E-state index contributed by atoms with van der Waals surface area (Å²) >= 11 is 0. The maximum Gasteiger partial charge on any atom is 0.263 e. The minimum absolute atomic E-state index is 0.186. The molecule has 1 aromatic carbocycles. The predicted molar refractivity (Wildman–Crippen MR) is 113 cm³/mol. The number of anilines is 1. The number of benzene rings is 1. The van der Waals surface area contributed by atoms with Gasteiger partial charge in [0.1, 0.15) is 5.39 Å². The first-order valence-electron chi connectivity index (χ1n) is 10.0. The van der Waals surface area contributed by atoms with Crippen molar-refractivity contribution in [3.8, 4) is 0 Å². The van der Waals surface area contributed by atoms with Gasteiger partial charge in [-0.15, -0.1) is 0 Å². The molecule has 0 radical (unpaired) electrons. The zero-order chi connectivity index (χ0) is 20.4. The Morgan fingerprint density at radius 2 is 1.90 bits per heavy atom. The topological polar surface area (TPSA) is 88.1 Å². The standard InChI is InChI=1S/C21H28N6O2/c1-21(2,3)27-18-17(13-23-27)19(28)25-20(24-18)22-12-15-6-4-5-7-16(15)14-26-8-10-29-11-9-26/h4-7,13H,8-12,14H2,1-3H3,(H2,22,24,25,28). The summed E-state index contributed by atoms with van der Waals surface area (Å²) in [5.41, 5.74) is 2.60. The highest BCUT2D eigenvalue weighted by atomic mass is 16.5. The van der Waals surface area contributed by atoms with Gasteiger partial charge in [-0.1, -0.05) is 24.3 Å². The highest BCUT2D eigenvalue weighted by Crippen LogP contribution is 2.19. The summed E-state index contributed by atoms with van der Waals surface area (Å²) < 4.78 is 7.23. The van der Waals surface area contributed by atoms with E-state index in [9.17, 15) is 4.79 Å². The van der Waals surface area contributed by atoms with Crippen LogP contribution in [0.5, 0.6) is 0 Å². The normalized spacial score (nSPS) is 15.7. The lowest BCUT2D eigenvalue weighted by atomic mass is 10.1. The highest BCUT2D eigenvalue weighted by molar-refractivity contribution is 5.74. The first kappa shape index (κ1) is 19.6. The molecule has 154 valence electrons. The quantitative estimate of drug-likeness (QED) is 0.688. The van der Waals surface area contributed by atoms with E-state index in [0.717, 1.165) is 32.8 Å². The van der Waals surface area contributed by atoms with Crippen molar-refractivity contribution >= 4 is 17.0 Å². The van der Waals surface area contributed by atoms with Gasteiger partial charge in [-0.2, -0.15) is 10.1 Å². The Morgan fingerprint density at radius 1 is 1.17 bits per heavy atom. The summed E-state index contributed by atoms with van der Waals surface area (Å²) in [5, 5.41) is 8.14. The van der Waals surface area contributed by atoms with E-state index in [1.54, 1.807) is 10.9 Å². The number of nitrogens with zero attached hydrogens (tertiary/aromatic N) is 4. The molecule has 2 aromatic heterocycles. The summed E-state index contributed by atoms with van der Waals surface area (Å²) in [7, 11) is 0. The van der Waals surface area contributed by atoms with Gasteiger partial charge in [0.15, 0.2) is 5.65 Å². The third-order valence-electron chi connectivity index (χ3n) is 5.14. The highest BCUT2D eigenvalue weighted by Gasteiger charge is 2.20. The first-order chi connectivity index (χ1) is 13.9. The van der Waals surface area contributed by atoms with E-state index in [1.165, 1.54) is 11.1 Å². The molecular formula is C21H28N6O2. The lowest BCUT2D eigenvalue weighted by Crippen LogP contribution is -2.35. The Bertz CT molecular complexity index is 1040. The molecule has 1 aliphatic heterocycles. The number of hydrogen-bond donors (Lipinski definition) is 2. The Morgan fingerprint density at radius 3 is 2.62 bits per heavy atom. The molecule has 29 heavy (non-hydrogen) atoms. The number of morpholine rings is 1. The minimum Gasteiger partial charge on any atom is -0.379 e. The van der Waals surface area contributed by atoms with E-state index in [0.29, 0.717) is 23.5 Å². The van der Waals surface area contributed by atoms with Crippen molar-refractivity contribution in [2.24, 2.45) is 0 Å². The number of hydrogen-bond acceptors (Lipinski definition) is 6. The number of nitrogens with one attached hydrogen (secondary N) is 2. The maximum atomic E-state index is 12.5. The van der Waals surface area contributed by atoms with Gasteiger partial charge in [0.2, 0.25) is 5.95 Å². The van der Waals surface area contributed by atoms with Crippen LogP contribution in [0.25, 0.3) is 11.0 Å². The van der Waals surface area contributed by atoms with E-state index in [-0.39, 0.29) is 11.1 Å². The Kier molecular flexibility index (Phi) is 5.38. The van der Waals surface area contributed by atoms with Crippen LogP contribution in [0.3, 0.4) is 0 Å². The Labute approximate surface area is 169 Å². The summed E-state index contributed by atoms with van der Waals surface area (Å²) in [6.45, 7) is 11.1. The zero-order valence-corrected chi connectivity index (χ0v) is 17.2. The van der Waals surface area contributed by atoms with Crippen LogP contribution in [0.4, 0.5) is 5.95 Å². The van der Waals surface area contributed by atoms with Crippen LogP contribution < -0.4 is 10.9 Å². The van der Waals surface area contributed by atoms with Gasteiger partial charge >= 0.3 is 0 Å². The van der Waals surface area contributed by atoms with Gasteiger partial charge in [-0.05, 0) is 31.9 Å². The molecule has 4 rings (SSSR count). The molecular weight excluding hydrogens is 368 g/mol. The lowest BCUT2D eigenvalue weighted by Gasteiger charge is -2.27. The van der Waals surface area contributed by atoms with Crippen LogP contribution in [0, 0.1) is 0 Å². The molecule has 1 saturated heterocycles. The smallest absolute Gasteiger partial charge is 0.263 e. The van der Waals surface area contributed by atoms with Gasteiger partial charge in [-0.3, -0.25) is 14.7 Å². The molecule has 8 nitrogen and oxygen atoms in total. The third-order valence-corrected chi connectivity index (χ3v) is 5.14. The molecule has 0 unspecified atom stereocenters. The SMILES string of the molecule is CC(C)(C)n1ncc2c(=O)[nH]c(NCc3ccccc3CN3CCOCC3)nc21. The second-order valence-electron chi connectivity index (χ2n) is 8.39. The second kappa shape index (κ2) is 7.96. The molecule has 1 aliphatic rings. The van der Waals surface area contributed by atoms with E-state index < -0.39 is 0 Å². The zero-order valence-electron chi connectivity index (χ0n) is 17.2. The van der Waals surface area contributed by atoms with Gasteiger partial charge in [0, 0.05) is 26.2 Å². The minimum atomic E-state index is -0.259. The molecule has 0 amide bonds. The van der Waals surface area contributed by atoms with Gasteiger partial charge in [0.25, 0.3) is 5.56 Å². The summed E-state index contributed by atoms with van der Waals surface area (Å²) in [5.74, 6) is 0.453. The second-order valence-corrected chi connectivity index (χ2v) is 8.39. The van der Waals surface area contributed by atoms with Crippen molar-refractivity contribution in [1.29, 1.82) is 0 Å². The van der Waals surface area contributed by atoms with E-state index >= 15 is 0 Å². The number of fused-ring (bicyclic) bond motifs is 1. The van der Waals surface area contributed by atoms with Crippen LogP contribution >= 0.6 is 0 Å². The molecule has 0 aliphatic carbocycles. The average Bonchev–Trinajstić information content (AvgIpc) is 3.13. The fourth-order valence-electron chi connectivity index (χ4n) is 3.56. The Balaban J connectivity index is 1.55. The molecule has 3 aromatic rings. The predicted octanol–water partition coefficient (Wildman–Crippen LogP) is 2.32. The monoisotopic (exact) mass is 396 g/mol. The van der Waals surface area contributed by atoms with Crippen molar-refractivity contribution < 1.29 is 4.74 Å². The largest absolute Gasteiger partial charge is 0.379 e. The fourth-order valence-corrected chi connectivity index (χ4v) is 3.56. The summed E-state index contributed by atoms with van der Waals surface area (Å²) in [6, 6.07) is 8.36. The summed E-state index contributed by atoms with van der Waals surface area (Å²) in [6.07, 6.45) is 1.58. The molecule has 8 heteroatoms. The first-order valence-corrected chi connectivity index (χ1v) is 10.0. The van der Waals surface area contributed by atoms with Crippen molar-refractivity contribution in [3.05, 3.63) is 51.9 Å². The van der Waals surface area contributed by atoms with Gasteiger partial charge in [0.05, 0.1) is 24.9 Å². The molecule has 0 atom stereocenters. The number of H-pyrrole nitrogens is 1. The Hall–Kier alpha value is -2.71. The van der Waals surface area contributed by atoms with Crippen LogP contribution in [-0.4, -0.2) is 51.0 Å². The van der Waals surface area contributed by atoms with Crippen molar-refractivity contribution in [2.45, 2.75) is 39.4 Å². The number of aromatic nitrogens is 4. The number of ether oxygens (including phenoxy) is 1. The molecule has 2 N–H and O–H groups in total. The van der Waals surface area contributed by atoms with Crippen LogP contribution in [0.1, 0.15) is 31.9 Å². The van der Waals surface area contributed by atoms with E-state index in [4.69, 9.17) is 4.74 Å². The van der Waals surface area contributed by atoms with E-state index in [1.807, 2.05) is 26.8 Å². The van der Waals surface area contributed by atoms with Gasteiger partial charge in [-0.25, -0.2) is 4.68 Å². The van der Waals surface area contributed by atoms with Crippen LogP contribution in [0.15, 0.2) is 35.3 Å². The maximum absolute atomic E-state index is 12.5. The van der Waals surface area contributed by atoms with Crippen LogP contribution in [0.2, 0.25) is 0 Å². The lowest BCUT2D eigenvalue weighted by molar-refractivity contribution is 0.0341. The van der Waals surface area contributed by atoms with Gasteiger partial charge < -0.3 is 10.1 Å². The average molecular weight is 396 g/mol. The molecule has 0 bridgehead atoms. The third kappa shape index (κ3) is 4.33. The number of rotatable bonds is 5. The fraction of sp³-hybridized carbons (Fsp3) is 0.476. The molecule has 3 heterocycles. The summed E-state index contributed by atoms with van der Waals surface area (Å²) in [4.78, 5) is 22.3. The van der Waals surface area contributed by atoms with Crippen molar-refractivity contribution in [3.63, 3.8) is 0 Å². The molecule has 0 spiro atoms. The molecule has 1 fully saturated rings. The number of aromatic amines is 1. The van der Waals surface area contributed by atoms with Crippen molar-refractivity contribution in [1.82, 2.24) is 24.6 Å². The molecule has 0 saturated carbocycles.